The van der Waals surface area contributed by atoms with Crippen LogP contribution < -0.4 is 14.2 Å². The molecule has 0 heterocycles. The highest BCUT2D eigenvalue weighted by Crippen LogP contribution is 2.50. The van der Waals surface area contributed by atoms with Gasteiger partial charge in [0.1, 0.15) is 18.1 Å². The number of hydrogen-bond acceptors (Lipinski definition) is 6. The van der Waals surface area contributed by atoms with Gasteiger partial charge in [-0.2, -0.15) is 0 Å². The normalized spacial score (nSPS) is 11.3. The molecule has 0 fully saturated rings. The predicted molar refractivity (Wildman–Crippen MR) is 121 cm³/mol. The van der Waals surface area contributed by atoms with Gasteiger partial charge in [0.15, 0.2) is 23.0 Å². The molecule has 3 N–H and O–H groups in total. The summed E-state index contributed by atoms with van der Waals surface area (Å²) < 4.78 is 16.5. The maximum Gasteiger partial charge on any atom is 0.170 e. The first-order valence-electron chi connectivity index (χ1n) is 9.41. The van der Waals surface area contributed by atoms with Crippen molar-refractivity contribution in [3.05, 3.63) is 59.6 Å². The van der Waals surface area contributed by atoms with E-state index < -0.39 is 0 Å². The fraction of sp³-hybridized carbons (Fsp3) is 0.167. The van der Waals surface area contributed by atoms with Crippen molar-refractivity contribution in [2.24, 2.45) is 0 Å². The molecule has 0 bridgehead atoms. The number of ether oxygens (including phenoxy) is 3. The molecule has 31 heavy (non-hydrogen) atoms. The number of allylic oxidation sites excluding steroid dienone is 1. The Morgan fingerprint density at radius 2 is 1.58 bits per heavy atom. The highest BCUT2D eigenvalue weighted by Gasteiger charge is 2.22. The molecule has 3 aromatic carbocycles. The summed E-state index contributed by atoms with van der Waals surface area (Å²) in [6, 6.07) is 13.0. The van der Waals surface area contributed by atoms with Crippen LogP contribution in [-0.2, 0) is 0 Å². The summed E-state index contributed by atoms with van der Waals surface area (Å²) in [5.41, 5.74) is 2.19. The van der Waals surface area contributed by atoms with Crippen molar-refractivity contribution < 1.29 is 29.5 Å². The first-order valence-corrected chi connectivity index (χ1v) is 9.79. The van der Waals surface area contributed by atoms with Gasteiger partial charge in [-0.15, -0.1) is 0 Å². The van der Waals surface area contributed by atoms with Gasteiger partial charge in [0, 0.05) is 10.6 Å². The van der Waals surface area contributed by atoms with E-state index in [-0.39, 0.29) is 35.4 Å². The minimum absolute atomic E-state index is 0.0962. The topological polar surface area (TPSA) is 88.4 Å². The zero-order valence-electron chi connectivity index (χ0n) is 17.3. The summed E-state index contributed by atoms with van der Waals surface area (Å²) in [6.07, 6.45) is 1.68. The average Bonchev–Trinajstić information content (AvgIpc) is 2.74. The Labute approximate surface area is 185 Å². The zero-order valence-corrected chi connectivity index (χ0v) is 18.1. The molecular formula is C24H23ClO6. The predicted octanol–water partition coefficient (Wildman–Crippen LogP) is 5.68. The zero-order chi connectivity index (χ0) is 22.5. The van der Waals surface area contributed by atoms with E-state index in [2.05, 4.69) is 0 Å². The third-order valence-corrected chi connectivity index (χ3v) is 4.83. The van der Waals surface area contributed by atoms with Crippen LogP contribution in [0, 0.1) is 0 Å². The minimum atomic E-state index is -0.140. The van der Waals surface area contributed by atoms with Crippen molar-refractivity contribution in [2.75, 3.05) is 20.8 Å². The molecule has 0 aromatic heterocycles. The van der Waals surface area contributed by atoms with Crippen LogP contribution >= 0.6 is 11.6 Å². The van der Waals surface area contributed by atoms with E-state index in [1.54, 1.807) is 55.5 Å². The summed E-state index contributed by atoms with van der Waals surface area (Å²) in [6.45, 7) is 1.95. The number of phenolic OH excluding ortho intramolecular Hbond substituents is 3. The van der Waals surface area contributed by atoms with Crippen molar-refractivity contribution in [3.63, 3.8) is 0 Å². The lowest BCUT2D eigenvalue weighted by Gasteiger charge is -2.18. The van der Waals surface area contributed by atoms with Crippen LogP contribution in [0.15, 0.2) is 59.6 Å². The van der Waals surface area contributed by atoms with Gasteiger partial charge in [0.25, 0.3) is 0 Å². The summed E-state index contributed by atoms with van der Waals surface area (Å²) in [7, 11) is 2.94. The van der Waals surface area contributed by atoms with E-state index in [0.29, 0.717) is 27.5 Å². The van der Waals surface area contributed by atoms with Crippen LogP contribution in [0.3, 0.4) is 0 Å². The van der Waals surface area contributed by atoms with Crippen molar-refractivity contribution >= 4 is 11.6 Å². The van der Waals surface area contributed by atoms with E-state index in [1.807, 2.05) is 0 Å². The molecule has 162 valence electrons. The van der Waals surface area contributed by atoms with Crippen molar-refractivity contribution in [3.8, 4) is 56.8 Å². The first kappa shape index (κ1) is 22.2. The molecule has 3 rings (SSSR count). The summed E-state index contributed by atoms with van der Waals surface area (Å²) >= 11 is 5.79. The second-order valence-electron chi connectivity index (χ2n) is 6.71. The van der Waals surface area contributed by atoms with Crippen LogP contribution in [0.2, 0.25) is 0 Å². The number of halogens is 1. The van der Waals surface area contributed by atoms with E-state index in [4.69, 9.17) is 25.8 Å². The molecule has 0 saturated carbocycles. The van der Waals surface area contributed by atoms with Crippen molar-refractivity contribution in [2.45, 2.75) is 6.92 Å². The van der Waals surface area contributed by atoms with Gasteiger partial charge in [0.05, 0.1) is 19.8 Å². The lowest BCUT2D eigenvalue weighted by atomic mass is 9.96. The molecule has 0 atom stereocenters. The lowest BCUT2D eigenvalue weighted by molar-refractivity contribution is 0.336. The highest BCUT2D eigenvalue weighted by molar-refractivity contribution is 6.29. The second kappa shape index (κ2) is 9.53. The Hall–Kier alpha value is -3.51. The second-order valence-corrected chi connectivity index (χ2v) is 7.31. The van der Waals surface area contributed by atoms with Gasteiger partial charge in [0.2, 0.25) is 0 Å². The Kier molecular flexibility index (Phi) is 6.82. The quantitative estimate of drug-likeness (QED) is 0.436. The van der Waals surface area contributed by atoms with Crippen LogP contribution in [-0.4, -0.2) is 36.1 Å². The van der Waals surface area contributed by atoms with Crippen LogP contribution in [0.1, 0.15) is 6.92 Å². The first-order chi connectivity index (χ1) is 14.8. The van der Waals surface area contributed by atoms with Crippen LogP contribution in [0.4, 0.5) is 0 Å². The SMILES string of the molecule is COc1cc(-c2ccc(O)cc2)c(OC)c(O)c1-c1ccc(OC/C=C(\C)Cl)c(O)c1. The third kappa shape index (κ3) is 4.81. The third-order valence-electron chi connectivity index (χ3n) is 4.67. The molecule has 7 heteroatoms. The van der Waals surface area contributed by atoms with Gasteiger partial charge in [-0.1, -0.05) is 29.8 Å². The summed E-state index contributed by atoms with van der Waals surface area (Å²) in [5.74, 6) is 0.799. The maximum absolute atomic E-state index is 11.0. The number of phenols is 3. The van der Waals surface area contributed by atoms with Gasteiger partial charge < -0.3 is 29.5 Å². The molecule has 0 radical (unpaired) electrons. The van der Waals surface area contributed by atoms with Gasteiger partial charge >= 0.3 is 0 Å². The van der Waals surface area contributed by atoms with Gasteiger partial charge in [-0.3, -0.25) is 0 Å². The van der Waals surface area contributed by atoms with E-state index >= 15 is 0 Å². The molecule has 0 aliphatic carbocycles. The number of aromatic hydroxyl groups is 3. The molecule has 3 aromatic rings. The lowest BCUT2D eigenvalue weighted by Crippen LogP contribution is -1.97. The Morgan fingerprint density at radius 1 is 0.903 bits per heavy atom. The molecule has 0 amide bonds. The van der Waals surface area contributed by atoms with Crippen LogP contribution in [0.25, 0.3) is 22.3 Å². The molecular weight excluding hydrogens is 420 g/mol. The Bertz CT molecular complexity index is 1100. The molecule has 0 unspecified atom stereocenters. The number of hydrogen-bond donors (Lipinski definition) is 3. The molecule has 0 aliphatic rings. The largest absolute Gasteiger partial charge is 0.508 e. The molecule has 0 spiro atoms. The number of benzene rings is 3. The van der Waals surface area contributed by atoms with E-state index in [0.717, 1.165) is 5.56 Å². The summed E-state index contributed by atoms with van der Waals surface area (Å²) in [5, 5.41) is 31.6. The fourth-order valence-corrected chi connectivity index (χ4v) is 3.23. The summed E-state index contributed by atoms with van der Waals surface area (Å²) in [4.78, 5) is 0. The fourth-order valence-electron chi connectivity index (χ4n) is 3.17. The van der Waals surface area contributed by atoms with E-state index in [1.165, 1.54) is 20.3 Å². The number of rotatable bonds is 7. The Morgan fingerprint density at radius 3 is 2.16 bits per heavy atom. The van der Waals surface area contributed by atoms with Crippen molar-refractivity contribution in [1.82, 2.24) is 0 Å². The maximum atomic E-state index is 11.0. The standard InChI is InChI=1S/C24H23ClO6/c1-14(25)10-11-31-20-9-6-16(12-19(20)27)22-21(29-2)13-18(24(30-3)23(22)28)15-4-7-17(26)8-5-15/h4-10,12-13,26-28H,11H2,1-3H3/b14-10+. The minimum Gasteiger partial charge on any atom is -0.508 e. The molecule has 0 aliphatic heterocycles. The smallest absolute Gasteiger partial charge is 0.170 e. The highest BCUT2D eigenvalue weighted by atomic mass is 35.5. The molecule has 6 nitrogen and oxygen atoms in total. The van der Waals surface area contributed by atoms with Gasteiger partial charge in [-0.05, 0) is 54.5 Å². The number of methoxy groups -OCH3 is 2. The van der Waals surface area contributed by atoms with Crippen molar-refractivity contribution in [1.29, 1.82) is 0 Å². The van der Waals surface area contributed by atoms with E-state index in [9.17, 15) is 15.3 Å². The monoisotopic (exact) mass is 442 g/mol. The Balaban J connectivity index is 2.08. The average molecular weight is 443 g/mol. The molecule has 0 saturated heterocycles. The van der Waals surface area contributed by atoms with Gasteiger partial charge in [-0.25, -0.2) is 0 Å². The van der Waals surface area contributed by atoms with Crippen LogP contribution in [0.5, 0.6) is 34.5 Å².